The van der Waals surface area contributed by atoms with Gasteiger partial charge in [0.1, 0.15) is 6.23 Å². The highest BCUT2D eigenvalue weighted by Crippen LogP contribution is 2.20. The Morgan fingerprint density at radius 3 is 2.81 bits per heavy atom. The van der Waals surface area contributed by atoms with Crippen LogP contribution in [0.2, 0.25) is 0 Å². The molecule has 0 amide bonds. The number of ether oxygens (including phenoxy) is 1. The van der Waals surface area contributed by atoms with Crippen LogP contribution in [-0.4, -0.2) is 18.5 Å². The molecule has 1 aromatic rings. The SMILES string of the molecule is CCOC1CCCC(c2ccc(Br)cc2)=N1. The zero-order chi connectivity index (χ0) is 11.4. The van der Waals surface area contributed by atoms with Gasteiger partial charge in [0.25, 0.3) is 0 Å². The molecule has 0 N–H and O–H groups in total. The molecule has 0 spiro atoms. The molecule has 0 aliphatic carbocycles. The second-order valence-corrected chi connectivity index (χ2v) is 4.80. The molecule has 1 unspecified atom stereocenters. The van der Waals surface area contributed by atoms with Gasteiger partial charge < -0.3 is 4.74 Å². The monoisotopic (exact) mass is 281 g/mol. The highest BCUT2D eigenvalue weighted by atomic mass is 79.9. The van der Waals surface area contributed by atoms with Gasteiger partial charge in [-0.05, 0) is 43.9 Å². The second kappa shape index (κ2) is 5.60. The number of halogens is 1. The first-order valence-electron chi connectivity index (χ1n) is 5.74. The van der Waals surface area contributed by atoms with E-state index in [4.69, 9.17) is 4.74 Å². The summed E-state index contributed by atoms with van der Waals surface area (Å²) in [5.41, 5.74) is 2.39. The van der Waals surface area contributed by atoms with Crippen LogP contribution in [0.4, 0.5) is 0 Å². The van der Waals surface area contributed by atoms with E-state index >= 15 is 0 Å². The fraction of sp³-hybridized carbons (Fsp3) is 0.462. The lowest BCUT2D eigenvalue weighted by molar-refractivity contribution is 0.0593. The van der Waals surface area contributed by atoms with Crippen molar-refractivity contribution >= 4 is 21.6 Å². The first-order valence-corrected chi connectivity index (χ1v) is 6.53. The van der Waals surface area contributed by atoms with Gasteiger partial charge in [-0.1, -0.05) is 28.1 Å². The molecule has 2 nitrogen and oxygen atoms in total. The van der Waals surface area contributed by atoms with Crippen LogP contribution >= 0.6 is 15.9 Å². The average Bonchev–Trinajstić information content (AvgIpc) is 2.31. The summed E-state index contributed by atoms with van der Waals surface area (Å²) in [6, 6.07) is 8.33. The summed E-state index contributed by atoms with van der Waals surface area (Å²) in [4.78, 5) is 4.65. The van der Waals surface area contributed by atoms with Crippen molar-refractivity contribution in [3.8, 4) is 0 Å². The molecule has 1 aliphatic heterocycles. The van der Waals surface area contributed by atoms with E-state index < -0.39 is 0 Å². The largest absolute Gasteiger partial charge is 0.357 e. The van der Waals surface area contributed by atoms with Crippen molar-refractivity contribution in [3.05, 3.63) is 34.3 Å². The highest BCUT2D eigenvalue weighted by Gasteiger charge is 2.15. The molecule has 1 heterocycles. The van der Waals surface area contributed by atoms with E-state index in [1.54, 1.807) is 0 Å². The molecule has 0 fully saturated rings. The average molecular weight is 282 g/mol. The summed E-state index contributed by atoms with van der Waals surface area (Å²) in [6.07, 6.45) is 3.34. The molecule has 1 aliphatic rings. The van der Waals surface area contributed by atoms with Crippen LogP contribution < -0.4 is 0 Å². The Bertz CT molecular complexity index is 372. The van der Waals surface area contributed by atoms with Gasteiger partial charge in [0, 0.05) is 16.8 Å². The van der Waals surface area contributed by atoms with Crippen molar-refractivity contribution in [2.75, 3.05) is 6.61 Å². The molecule has 0 saturated carbocycles. The van der Waals surface area contributed by atoms with Crippen molar-refractivity contribution < 1.29 is 4.74 Å². The van der Waals surface area contributed by atoms with Gasteiger partial charge in [-0.15, -0.1) is 0 Å². The molecule has 3 heteroatoms. The topological polar surface area (TPSA) is 21.6 Å². The Morgan fingerprint density at radius 2 is 2.12 bits per heavy atom. The lowest BCUT2D eigenvalue weighted by Crippen LogP contribution is -2.19. The molecule has 0 saturated heterocycles. The van der Waals surface area contributed by atoms with Crippen LogP contribution in [0.25, 0.3) is 0 Å². The highest BCUT2D eigenvalue weighted by molar-refractivity contribution is 9.10. The minimum absolute atomic E-state index is 0.0670. The Kier molecular flexibility index (Phi) is 4.13. The molecule has 16 heavy (non-hydrogen) atoms. The fourth-order valence-electron chi connectivity index (χ4n) is 1.92. The van der Waals surface area contributed by atoms with E-state index in [1.807, 2.05) is 6.92 Å². The number of rotatable bonds is 3. The predicted octanol–water partition coefficient (Wildman–Crippen LogP) is 3.78. The van der Waals surface area contributed by atoms with Crippen LogP contribution in [0.15, 0.2) is 33.7 Å². The molecule has 0 radical (unpaired) electrons. The third kappa shape index (κ3) is 2.92. The molecule has 0 bridgehead atoms. The summed E-state index contributed by atoms with van der Waals surface area (Å²) in [5.74, 6) is 0. The van der Waals surface area contributed by atoms with Crippen LogP contribution in [0, 0.1) is 0 Å². The first kappa shape index (κ1) is 11.8. The van der Waals surface area contributed by atoms with Crippen molar-refractivity contribution in [1.29, 1.82) is 0 Å². The maximum atomic E-state index is 5.56. The number of hydrogen-bond acceptors (Lipinski definition) is 2. The van der Waals surface area contributed by atoms with Gasteiger partial charge in [0.2, 0.25) is 0 Å². The molecule has 86 valence electrons. The second-order valence-electron chi connectivity index (χ2n) is 3.88. The van der Waals surface area contributed by atoms with Gasteiger partial charge in [0.15, 0.2) is 0 Å². The molecule has 1 aromatic carbocycles. The van der Waals surface area contributed by atoms with E-state index in [0.29, 0.717) is 0 Å². The van der Waals surface area contributed by atoms with Gasteiger partial charge in [-0.25, -0.2) is 0 Å². The van der Waals surface area contributed by atoms with E-state index in [9.17, 15) is 0 Å². The Labute approximate surface area is 105 Å². The number of benzene rings is 1. The van der Waals surface area contributed by atoms with E-state index in [1.165, 1.54) is 17.7 Å². The van der Waals surface area contributed by atoms with Crippen molar-refractivity contribution in [3.63, 3.8) is 0 Å². The summed E-state index contributed by atoms with van der Waals surface area (Å²) in [5, 5.41) is 0. The summed E-state index contributed by atoms with van der Waals surface area (Å²) in [7, 11) is 0. The van der Waals surface area contributed by atoms with Crippen LogP contribution in [0.3, 0.4) is 0 Å². The third-order valence-electron chi connectivity index (χ3n) is 2.70. The lowest BCUT2D eigenvalue weighted by atomic mass is 10.0. The van der Waals surface area contributed by atoms with Crippen molar-refractivity contribution in [2.45, 2.75) is 32.4 Å². The van der Waals surface area contributed by atoms with Gasteiger partial charge in [0.05, 0.1) is 0 Å². The van der Waals surface area contributed by atoms with E-state index in [0.717, 1.165) is 23.9 Å². The fourth-order valence-corrected chi connectivity index (χ4v) is 2.19. The summed E-state index contributed by atoms with van der Waals surface area (Å²) < 4.78 is 6.67. The maximum Gasteiger partial charge on any atom is 0.148 e. The number of hydrogen-bond donors (Lipinski definition) is 0. The van der Waals surface area contributed by atoms with Gasteiger partial charge >= 0.3 is 0 Å². The van der Waals surface area contributed by atoms with Crippen molar-refractivity contribution in [2.24, 2.45) is 4.99 Å². The van der Waals surface area contributed by atoms with Crippen LogP contribution in [-0.2, 0) is 4.74 Å². The Morgan fingerprint density at radius 1 is 1.38 bits per heavy atom. The molecule has 0 aromatic heterocycles. The molecule has 1 atom stereocenters. The third-order valence-corrected chi connectivity index (χ3v) is 3.23. The van der Waals surface area contributed by atoms with Gasteiger partial charge in [-0.2, -0.15) is 0 Å². The Balaban J connectivity index is 2.16. The minimum Gasteiger partial charge on any atom is -0.357 e. The molecule has 2 rings (SSSR count). The maximum absolute atomic E-state index is 5.56. The van der Waals surface area contributed by atoms with Crippen molar-refractivity contribution in [1.82, 2.24) is 0 Å². The zero-order valence-electron chi connectivity index (χ0n) is 9.45. The first-order chi connectivity index (χ1) is 7.79. The number of aliphatic imine (C=N–C) groups is 1. The molecular weight excluding hydrogens is 266 g/mol. The minimum atomic E-state index is 0.0670. The Hall–Kier alpha value is -0.670. The van der Waals surface area contributed by atoms with E-state index in [-0.39, 0.29) is 6.23 Å². The van der Waals surface area contributed by atoms with E-state index in [2.05, 4.69) is 45.2 Å². The standard InChI is InChI=1S/C13H16BrNO/c1-2-16-13-5-3-4-12(15-13)10-6-8-11(14)9-7-10/h6-9,13H,2-5H2,1H3. The van der Waals surface area contributed by atoms with Crippen LogP contribution in [0.5, 0.6) is 0 Å². The zero-order valence-corrected chi connectivity index (χ0v) is 11.0. The quantitative estimate of drug-likeness (QED) is 0.826. The summed E-state index contributed by atoms with van der Waals surface area (Å²) in [6.45, 7) is 2.76. The number of nitrogens with zero attached hydrogens (tertiary/aromatic N) is 1. The summed E-state index contributed by atoms with van der Waals surface area (Å²) >= 11 is 3.44. The normalized spacial score (nSPS) is 20.6. The predicted molar refractivity (Wildman–Crippen MR) is 69.9 cm³/mol. The van der Waals surface area contributed by atoms with Crippen LogP contribution in [0.1, 0.15) is 31.7 Å². The lowest BCUT2D eigenvalue weighted by Gasteiger charge is -2.20. The smallest absolute Gasteiger partial charge is 0.148 e. The van der Waals surface area contributed by atoms with Gasteiger partial charge in [-0.3, -0.25) is 4.99 Å². The molecular formula is C13H16BrNO.